The molecular weight excluding hydrogens is 222 g/mol. The summed E-state index contributed by atoms with van der Waals surface area (Å²) < 4.78 is 0. The van der Waals surface area contributed by atoms with Crippen LogP contribution in [0.15, 0.2) is 18.3 Å². The highest BCUT2D eigenvalue weighted by atomic mass is 15.1. The Morgan fingerprint density at radius 1 is 1.28 bits per heavy atom. The molecule has 1 aromatic heterocycles. The average molecular weight is 249 g/mol. The first-order valence-corrected chi connectivity index (χ1v) is 7.00. The summed E-state index contributed by atoms with van der Waals surface area (Å²) in [4.78, 5) is 6.97. The summed E-state index contributed by atoms with van der Waals surface area (Å²) in [7, 11) is 1.99. The number of anilines is 1. The zero-order valence-electron chi connectivity index (χ0n) is 12.4. The van der Waals surface area contributed by atoms with E-state index in [1.165, 1.54) is 5.69 Å². The van der Waals surface area contributed by atoms with E-state index in [-0.39, 0.29) is 0 Å². The lowest BCUT2D eigenvalue weighted by atomic mass is 10.1. The van der Waals surface area contributed by atoms with Crippen LogP contribution >= 0.6 is 0 Å². The van der Waals surface area contributed by atoms with Crippen LogP contribution in [0.1, 0.15) is 45.9 Å². The molecule has 1 atom stereocenters. The van der Waals surface area contributed by atoms with Crippen molar-refractivity contribution < 1.29 is 0 Å². The highest BCUT2D eigenvalue weighted by Gasteiger charge is 2.10. The van der Waals surface area contributed by atoms with E-state index in [2.05, 4.69) is 55.0 Å². The molecule has 0 saturated carbocycles. The molecule has 0 amide bonds. The zero-order valence-corrected chi connectivity index (χ0v) is 12.4. The van der Waals surface area contributed by atoms with E-state index in [0.717, 1.165) is 25.2 Å². The minimum atomic E-state index is 0.360. The fraction of sp³-hybridized carbons (Fsp3) is 0.667. The van der Waals surface area contributed by atoms with Gasteiger partial charge in [0, 0.05) is 19.1 Å². The third-order valence-electron chi connectivity index (χ3n) is 3.22. The van der Waals surface area contributed by atoms with Crippen LogP contribution in [0.2, 0.25) is 0 Å². The monoisotopic (exact) mass is 249 g/mol. The van der Waals surface area contributed by atoms with E-state index in [9.17, 15) is 0 Å². The maximum Gasteiger partial charge on any atom is 0.0574 e. The number of nitrogens with one attached hydrogen (secondary N) is 1. The Morgan fingerprint density at radius 3 is 2.39 bits per heavy atom. The minimum absolute atomic E-state index is 0.360. The van der Waals surface area contributed by atoms with Crippen molar-refractivity contribution in [3.05, 3.63) is 24.0 Å². The normalized spacial score (nSPS) is 12.8. The zero-order chi connectivity index (χ0) is 13.5. The molecule has 1 unspecified atom stereocenters. The van der Waals surface area contributed by atoms with Gasteiger partial charge in [0.2, 0.25) is 0 Å². The maximum absolute atomic E-state index is 4.59. The molecular formula is C15H27N3. The molecule has 0 spiro atoms. The van der Waals surface area contributed by atoms with Gasteiger partial charge in [0.1, 0.15) is 0 Å². The molecule has 0 aliphatic carbocycles. The fourth-order valence-electron chi connectivity index (χ4n) is 2.21. The summed E-state index contributed by atoms with van der Waals surface area (Å²) in [5.74, 6) is 0.672. The molecule has 0 fully saturated rings. The Morgan fingerprint density at radius 2 is 2.00 bits per heavy atom. The van der Waals surface area contributed by atoms with Gasteiger partial charge in [-0.05, 0) is 38.4 Å². The molecule has 102 valence electrons. The van der Waals surface area contributed by atoms with Gasteiger partial charge in [-0.3, -0.25) is 4.98 Å². The van der Waals surface area contributed by atoms with Crippen LogP contribution in [-0.4, -0.2) is 25.1 Å². The standard InChI is InChI=1S/C15H27N3/c1-6-14(16-5)15-9-8-13(10-17-15)18(7-2)11-12(3)4/h8-10,12,14,16H,6-7,11H2,1-5H3. The van der Waals surface area contributed by atoms with Crippen molar-refractivity contribution in [1.82, 2.24) is 10.3 Å². The molecule has 18 heavy (non-hydrogen) atoms. The SMILES string of the molecule is CCC(NC)c1ccc(N(CC)CC(C)C)cn1. The van der Waals surface area contributed by atoms with E-state index in [1.807, 2.05) is 13.2 Å². The summed E-state index contributed by atoms with van der Waals surface area (Å²) in [5.41, 5.74) is 2.35. The van der Waals surface area contributed by atoms with Crippen molar-refractivity contribution in [2.75, 3.05) is 25.0 Å². The lowest BCUT2D eigenvalue weighted by Crippen LogP contribution is -2.27. The van der Waals surface area contributed by atoms with Crippen LogP contribution in [0.5, 0.6) is 0 Å². The molecule has 1 aromatic rings. The first-order valence-electron chi connectivity index (χ1n) is 7.00. The summed E-state index contributed by atoms with van der Waals surface area (Å²) in [6, 6.07) is 4.69. The van der Waals surface area contributed by atoms with Crippen molar-refractivity contribution in [3.63, 3.8) is 0 Å². The van der Waals surface area contributed by atoms with Crippen molar-refractivity contribution in [2.24, 2.45) is 5.92 Å². The lowest BCUT2D eigenvalue weighted by molar-refractivity contribution is 0.561. The number of hydrogen-bond donors (Lipinski definition) is 1. The van der Waals surface area contributed by atoms with Gasteiger partial charge in [-0.15, -0.1) is 0 Å². The molecule has 1 heterocycles. The maximum atomic E-state index is 4.59. The summed E-state index contributed by atoms with van der Waals surface area (Å²) in [6.07, 6.45) is 3.06. The Balaban J connectivity index is 2.80. The van der Waals surface area contributed by atoms with Crippen molar-refractivity contribution >= 4 is 5.69 Å². The molecule has 0 aromatic carbocycles. The largest absolute Gasteiger partial charge is 0.370 e. The second kappa shape index (κ2) is 7.37. The minimum Gasteiger partial charge on any atom is -0.370 e. The van der Waals surface area contributed by atoms with E-state index in [0.29, 0.717) is 12.0 Å². The second-order valence-corrected chi connectivity index (χ2v) is 5.12. The topological polar surface area (TPSA) is 28.2 Å². The molecule has 0 bridgehead atoms. The first-order chi connectivity index (χ1) is 8.62. The highest BCUT2D eigenvalue weighted by molar-refractivity contribution is 5.44. The first kappa shape index (κ1) is 15.0. The van der Waals surface area contributed by atoms with Gasteiger partial charge in [-0.2, -0.15) is 0 Å². The van der Waals surface area contributed by atoms with Crippen molar-refractivity contribution in [1.29, 1.82) is 0 Å². The van der Waals surface area contributed by atoms with Gasteiger partial charge in [0.05, 0.1) is 17.6 Å². The fourth-order valence-corrected chi connectivity index (χ4v) is 2.21. The quantitative estimate of drug-likeness (QED) is 0.804. The van der Waals surface area contributed by atoms with E-state index in [1.54, 1.807) is 0 Å². The Kier molecular flexibility index (Phi) is 6.13. The average Bonchev–Trinajstić information content (AvgIpc) is 2.38. The summed E-state index contributed by atoms with van der Waals surface area (Å²) in [6.45, 7) is 11.0. The van der Waals surface area contributed by atoms with Gasteiger partial charge in [-0.1, -0.05) is 20.8 Å². The van der Waals surface area contributed by atoms with Crippen molar-refractivity contribution in [3.8, 4) is 0 Å². The van der Waals surface area contributed by atoms with Crippen LogP contribution < -0.4 is 10.2 Å². The highest BCUT2D eigenvalue weighted by Crippen LogP contribution is 2.19. The molecule has 0 radical (unpaired) electrons. The smallest absolute Gasteiger partial charge is 0.0574 e. The third-order valence-corrected chi connectivity index (χ3v) is 3.22. The lowest BCUT2D eigenvalue weighted by Gasteiger charge is -2.25. The van der Waals surface area contributed by atoms with E-state index >= 15 is 0 Å². The molecule has 1 rings (SSSR count). The van der Waals surface area contributed by atoms with Gasteiger partial charge in [0.15, 0.2) is 0 Å². The van der Waals surface area contributed by atoms with Gasteiger partial charge in [0.25, 0.3) is 0 Å². The Bertz CT molecular complexity index is 328. The van der Waals surface area contributed by atoms with Crippen LogP contribution in [0.4, 0.5) is 5.69 Å². The second-order valence-electron chi connectivity index (χ2n) is 5.12. The van der Waals surface area contributed by atoms with Crippen molar-refractivity contribution in [2.45, 2.75) is 40.2 Å². The van der Waals surface area contributed by atoms with E-state index < -0.39 is 0 Å². The molecule has 1 N–H and O–H groups in total. The molecule has 0 saturated heterocycles. The van der Waals surface area contributed by atoms with Gasteiger partial charge < -0.3 is 10.2 Å². The Labute approximate surface area is 112 Å². The number of pyridine rings is 1. The summed E-state index contributed by atoms with van der Waals surface area (Å²) in [5, 5.41) is 3.29. The van der Waals surface area contributed by atoms with Gasteiger partial charge >= 0.3 is 0 Å². The number of rotatable bonds is 7. The third kappa shape index (κ3) is 3.98. The number of hydrogen-bond acceptors (Lipinski definition) is 3. The number of nitrogens with zero attached hydrogens (tertiary/aromatic N) is 2. The van der Waals surface area contributed by atoms with Crippen LogP contribution in [0.3, 0.4) is 0 Å². The van der Waals surface area contributed by atoms with Crippen LogP contribution in [0.25, 0.3) is 0 Å². The predicted molar refractivity (Wildman–Crippen MR) is 79.1 cm³/mol. The predicted octanol–water partition coefficient (Wildman–Crippen LogP) is 3.23. The number of aromatic nitrogens is 1. The summed E-state index contributed by atoms with van der Waals surface area (Å²) >= 11 is 0. The van der Waals surface area contributed by atoms with Crippen LogP contribution in [0, 0.1) is 5.92 Å². The van der Waals surface area contributed by atoms with E-state index in [4.69, 9.17) is 0 Å². The molecule has 0 aliphatic rings. The van der Waals surface area contributed by atoms with Gasteiger partial charge in [-0.25, -0.2) is 0 Å². The molecule has 3 nitrogen and oxygen atoms in total. The Hall–Kier alpha value is -1.09. The molecule has 3 heteroatoms. The molecule has 0 aliphatic heterocycles. The van der Waals surface area contributed by atoms with Crippen LogP contribution in [-0.2, 0) is 0 Å².